The van der Waals surface area contributed by atoms with Crippen molar-refractivity contribution >= 4 is 7.75 Å². The zero-order valence-electron chi connectivity index (χ0n) is 10.0. The van der Waals surface area contributed by atoms with Crippen LogP contribution >= 0.6 is 7.75 Å². The quantitative estimate of drug-likeness (QED) is 0.337. The van der Waals surface area contributed by atoms with Gasteiger partial charge in [-0.05, 0) is 30.2 Å². The number of hydrogen-bond acceptors (Lipinski definition) is 3. The molecule has 0 spiro atoms. The molecule has 1 atom stereocenters. The number of para-hydroxylation sites is 1. The molecule has 1 aromatic carbocycles. The van der Waals surface area contributed by atoms with Gasteiger partial charge in [-0.1, -0.05) is 30.4 Å². The minimum atomic E-state index is -3.90. The number of rotatable bonds is 5. The Morgan fingerprint density at radius 1 is 1.26 bits per heavy atom. The van der Waals surface area contributed by atoms with Crippen LogP contribution in [0, 0.1) is 0 Å². The Morgan fingerprint density at radius 3 is 2.68 bits per heavy atom. The van der Waals surface area contributed by atoms with Gasteiger partial charge in [-0.2, -0.15) is 0 Å². The second kappa shape index (κ2) is 6.14. The standard InChI is InChI=1S/C12H12N3O3P/c13-14-15-19(16,17-11-7-3-1-4-8-11)18-12-9-5-2-6-10-12/h1-5,7-9H,6,10H2. The molecule has 0 saturated heterocycles. The van der Waals surface area contributed by atoms with Crippen LogP contribution in [-0.2, 0) is 9.09 Å². The number of benzene rings is 1. The molecular formula is C12H12N3O3P. The van der Waals surface area contributed by atoms with Crippen LogP contribution in [-0.4, -0.2) is 0 Å². The summed E-state index contributed by atoms with van der Waals surface area (Å²) in [4.78, 5) is 5.71. The molecule has 1 aromatic rings. The fourth-order valence-corrected chi connectivity index (χ4v) is 2.57. The Labute approximate surface area is 110 Å². The maximum absolute atomic E-state index is 12.3. The van der Waals surface area contributed by atoms with Crippen LogP contribution < -0.4 is 4.52 Å². The summed E-state index contributed by atoms with van der Waals surface area (Å²) < 4.78 is 22.8. The Morgan fingerprint density at radius 2 is 2.05 bits per heavy atom. The van der Waals surface area contributed by atoms with Gasteiger partial charge < -0.3 is 9.05 Å². The molecule has 0 bridgehead atoms. The fourth-order valence-electron chi connectivity index (χ4n) is 1.52. The lowest BCUT2D eigenvalue weighted by atomic mass is 10.2. The van der Waals surface area contributed by atoms with Crippen molar-refractivity contribution in [3.63, 3.8) is 0 Å². The summed E-state index contributed by atoms with van der Waals surface area (Å²) in [7, 11) is -3.90. The first-order chi connectivity index (χ1) is 9.22. The molecule has 1 aliphatic rings. The summed E-state index contributed by atoms with van der Waals surface area (Å²) in [6.45, 7) is 0. The third kappa shape index (κ3) is 3.91. The Bertz CT molecular complexity index is 591. The molecule has 2 rings (SSSR count). The van der Waals surface area contributed by atoms with Crippen molar-refractivity contribution < 1.29 is 13.6 Å². The van der Waals surface area contributed by atoms with Crippen molar-refractivity contribution in [1.29, 1.82) is 0 Å². The van der Waals surface area contributed by atoms with E-state index in [9.17, 15) is 4.57 Å². The molecular weight excluding hydrogens is 265 g/mol. The normalized spacial score (nSPS) is 16.7. The lowest BCUT2D eigenvalue weighted by Crippen LogP contribution is -1.97. The number of azide groups is 1. The fraction of sp³-hybridized carbons (Fsp3) is 0.167. The monoisotopic (exact) mass is 277 g/mol. The average molecular weight is 277 g/mol. The summed E-state index contributed by atoms with van der Waals surface area (Å²) in [6, 6.07) is 8.45. The largest absolute Gasteiger partial charge is 0.524 e. The van der Waals surface area contributed by atoms with Gasteiger partial charge in [-0.15, -0.1) is 0 Å². The average Bonchev–Trinajstić information content (AvgIpc) is 2.41. The highest BCUT2D eigenvalue weighted by atomic mass is 31.2. The van der Waals surface area contributed by atoms with Crippen molar-refractivity contribution in [3.8, 4) is 5.75 Å². The lowest BCUT2D eigenvalue weighted by molar-refractivity contribution is 0.320. The van der Waals surface area contributed by atoms with Gasteiger partial charge in [-0.25, -0.2) is 4.57 Å². The van der Waals surface area contributed by atoms with Crippen molar-refractivity contribution in [2.24, 2.45) is 4.88 Å². The second-order valence-electron chi connectivity index (χ2n) is 3.74. The first-order valence-electron chi connectivity index (χ1n) is 5.68. The summed E-state index contributed by atoms with van der Waals surface area (Å²) >= 11 is 0. The van der Waals surface area contributed by atoms with Crippen LogP contribution in [0.2, 0.25) is 0 Å². The van der Waals surface area contributed by atoms with Crippen molar-refractivity contribution in [3.05, 3.63) is 64.8 Å². The van der Waals surface area contributed by atoms with E-state index in [4.69, 9.17) is 14.6 Å². The number of hydrogen-bond donors (Lipinski definition) is 0. The van der Waals surface area contributed by atoms with Crippen molar-refractivity contribution in [1.82, 2.24) is 0 Å². The van der Waals surface area contributed by atoms with Crippen LogP contribution in [0.3, 0.4) is 0 Å². The summed E-state index contributed by atoms with van der Waals surface area (Å²) in [5.74, 6) is 0.805. The molecule has 7 heteroatoms. The molecule has 0 saturated carbocycles. The number of nitrogens with zero attached hydrogens (tertiary/aromatic N) is 3. The second-order valence-corrected chi connectivity index (χ2v) is 5.22. The van der Waals surface area contributed by atoms with E-state index in [0.717, 1.165) is 6.42 Å². The van der Waals surface area contributed by atoms with Crippen molar-refractivity contribution in [2.45, 2.75) is 12.8 Å². The molecule has 0 fully saturated rings. The Balaban J connectivity index is 2.18. The highest BCUT2D eigenvalue weighted by Crippen LogP contribution is 2.52. The molecule has 6 nitrogen and oxygen atoms in total. The maximum atomic E-state index is 12.3. The zero-order valence-corrected chi connectivity index (χ0v) is 10.9. The van der Waals surface area contributed by atoms with E-state index in [1.54, 1.807) is 42.5 Å². The van der Waals surface area contributed by atoms with Crippen LogP contribution in [0.1, 0.15) is 12.8 Å². The third-order valence-electron chi connectivity index (χ3n) is 2.32. The van der Waals surface area contributed by atoms with E-state index >= 15 is 0 Å². The first-order valence-corrected chi connectivity index (χ1v) is 7.18. The smallest absolute Gasteiger partial charge is 0.416 e. The molecule has 0 aromatic heterocycles. The van der Waals surface area contributed by atoms with E-state index in [1.165, 1.54) is 0 Å². The molecule has 0 N–H and O–H groups in total. The SMILES string of the molecule is [N-]=[N+]=NP(=O)(OC1=CC=CCC1)Oc1ccccc1. The third-order valence-corrected chi connectivity index (χ3v) is 3.53. The predicted octanol–water partition coefficient (Wildman–Crippen LogP) is 4.73. The predicted molar refractivity (Wildman–Crippen MR) is 71.4 cm³/mol. The minimum absolute atomic E-state index is 0.324. The lowest BCUT2D eigenvalue weighted by Gasteiger charge is -2.17. The van der Waals surface area contributed by atoms with E-state index in [0.29, 0.717) is 17.9 Å². The van der Waals surface area contributed by atoms with Crippen LogP contribution in [0.25, 0.3) is 10.4 Å². The Hall–Kier alpha value is -2.16. The van der Waals surface area contributed by atoms with Gasteiger partial charge in [0.25, 0.3) is 0 Å². The molecule has 98 valence electrons. The Kier molecular flexibility index (Phi) is 4.29. The molecule has 0 amide bonds. The van der Waals surface area contributed by atoms with Crippen LogP contribution in [0.4, 0.5) is 0 Å². The van der Waals surface area contributed by atoms with E-state index < -0.39 is 7.75 Å². The first kappa shape index (κ1) is 13.3. The van der Waals surface area contributed by atoms with Gasteiger partial charge >= 0.3 is 7.75 Å². The van der Waals surface area contributed by atoms with E-state index in [1.807, 2.05) is 6.08 Å². The van der Waals surface area contributed by atoms with Gasteiger partial charge in [0.05, 0.1) is 0 Å². The van der Waals surface area contributed by atoms with E-state index in [-0.39, 0.29) is 0 Å². The topological polar surface area (TPSA) is 84.3 Å². The van der Waals surface area contributed by atoms with Crippen LogP contribution in [0.15, 0.2) is 59.2 Å². The number of allylic oxidation sites excluding steroid dienone is 4. The van der Waals surface area contributed by atoms with Gasteiger partial charge in [0, 0.05) is 16.2 Å². The van der Waals surface area contributed by atoms with E-state index in [2.05, 4.69) is 9.80 Å². The molecule has 19 heavy (non-hydrogen) atoms. The van der Waals surface area contributed by atoms with Crippen LogP contribution in [0.5, 0.6) is 5.75 Å². The zero-order chi connectivity index (χ0) is 13.6. The summed E-state index contributed by atoms with van der Waals surface area (Å²) in [6.07, 6.45) is 6.82. The van der Waals surface area contributed by atoms with Gasteiger partial charge in [0.1, 0.15) is 11.5 Å². The minimum Gasteiger partial charge on any atom is -0.416 e. The molecule has 1 unspecified atom stereocenters. The van der Waals surface area contributed by atoms with Gasteiger partial charge in [0.15, 0.2) is 0 Å². The molecule has 0 heterocycles. The molecule has 0 radical (unpaired) electrons. The maximum Gasteiger partial charge on any atom is 0.524 e. The van der Waals surface area contributed by atoms with Gasteiger partial charge in [0.2, 0.25) is 0 Å². The summed E-state index contributed by atoms with van der Waals surface area (Å²) in [5, 5.41) is 0. The van der Waals surface area contributed by atoms with Crippen molar-refractivity contribution in [2.75, 3.05) is 0 Å². The molecule has 0 aliphatic heterocycles. The summed E-state index contributed by atoms with van der Waals surface area (Å²) in [5.41, 5.74) is 8.50. The highest BCUT2D eigenvalue weighted by molar-refractivity contribution is 7.52. The van der Waals surface area contributed by atoms with Gasteiger partial charge in [-0.3, -0.25) is 0 Å². The highest BCUT2D eigenvalue weighted by Gasteiger charge is 2.27. The molecule has 1 aliphatic carbocycles.